The summed E-state index contributed by atoms with van der Waals surface area (Å²) in [4.78, 5) is 0. The molecular weight excluding hydrogens is 254 g/mol. The highest BCUT2D eigenvalue weighted by Crippen LogP contribution is 2.33. The number of thiophene rings is 1. The van der Waals surface area contributed by atoms with Gasteiger partial charge in [-0.2, -0.15) is 5.10 Å². The Morgan fingerprint density at radius 3 is 2.74 bits per heavy atom. The zero-order valence-electron chi connectivity index (χ0n) is 11.3. The largest absolute Gasteiger partial charge is 0.320 e. The van der Waals surface area contributed by atoms with Crippen molar-refractivity contribution in [1.82, 2.24) is 9.78 Å². The zero-order chi connectivity index (χ0) is 13.6. The minimum atomic E-state index is -0.115. The standard InChI is InChI=1S/C15H17N3S/c1-9-13(10(2)18(3)17-9)14(16)12-6-4-5-11-7-8-19-15(11)12/h4-8,14H,16H2,1-3H3. The minimum absolute atomic E-state index is 0.115. The quantitative estimate of drug-likeness (QED) is 0.777. The summed E-state index contributed by atoms with van der Waals surface area (Å²) >= 11 is 1.75. The summed E-state index contributed by atoms with van der Waals surface area (Å²) in [6, 6.07) is 8.35. The van der Waals surface area contributed by atoms with Crippen molar-refractivity contribution in [3.63, 3.8) is 0 Å². The topological polar surface area (TPSA) is 43.8 Å². The molecule has 1 unspecified atom stereocenters. The first-order valence-electron chi connectivity index (χ1n) is 6.31. The highest BCUT2D eigenvalue weighted by molar-refractivity contribution is 7.17. The summed E-state index contributed by atoms with van der Waals surface area (Å²) in [6.07, 6.45) is 0. The Balaban J connectivity index is 2.18. The van der Waals surface area contributed by atoms with Crippen molar-refractivity contribution in [3.05, 3.63) is 52.2 Å². The fourth-order valence-electron chi connectivity index (χ4n) is 2.66. The lowest BCUT2D eigenvalue weighted by atomic mass is 9.97. The normalized spacial score (nSPS) is 13.1. The second-order valence-electron chi connectivity index (χ2n) is 4.87. The lowest BCUT2D eigenvalue weighted by Crippen LogP contribution is -2.14. The summed E-state index contributed by atoms with van der Waals surface area (Å²) in [7, 11) is 1.96. The van der Waals surface area contributed by atoms with Crippen molar-refractivity contribution in [2.45, 2.75) is 19.9 Å². The molecule has 2 N–H and O–H groups in total. The first-order valence-corrected chi connectivity index (χ1v) is 7.19. The molecule has 0 saturated carbocycles. The molecule has 0 saturated heterocycles. The number of nitrogens with zero attached hydrogens (tertiary/aromatic N) is 2. The Morgan fingerprint density at radius 2 is 2.05 bits per heavy atom. The molecule has 2 aromatic heterocycles. The van der Waals surface area contributed by atoms with Crippen molar-refractivity contribution in [2.24, 2.45) is 12.8 Å². The van der Waals surface area contributed by atoms with Gasteiger partial charge in [0.15, 0.2) is 0 Å². The van der Waals surface area contributed by atoms with E-state index in [0.29, 0.717) is 0 Å². The van der Waals surface area contributed by atoms with Crippen LogP contribution in [-0.2, 0) is 7.05 Å². The van der Waals surface area contributed by atoms with Crippen LogP contribution in [0.3, 0.4) is 0 Å². The summed E-state index contributed by atoms with van der Waals surface area (Å²) in [5.41, 5.74) is 11.0. The summed E-state index contributed by atoms with van der Waals surface area (Å²) in [5.74, 6) is 0. The van der Waals surface area contributed by atoms with Crippen molar-refractivity contribution in [3.8, 4) is 0 Å². The van der Waals surface area contributed by atoms with Crippen LogP contribution in [0.15, 0.2) is 29.6 Å². The van der Waals surface area contributed by atoms with Crippen molar-refractivity contribution >= 4 is 21.4 Å². The Hall–Kier alpha value is -1.65. The molecule has 1 atom stereocenters. The molecule has 0 aliphatic carbocycles. The van der Waals surface area contributed by atoms with Gasteiger partial charge in [-0.1, -0.05) is 18.2 Å². The maximum absolute atomic E-state index is 6.51. The monoisotopic (exact) mass is 271 g/mol. The van der Waals surface area contributed by atoms with Gasteiger partial charge < -0.3 is 5.73 Å². The zero-order valence-corrected chi connectivity index (χ0v) is 12.2. The van der Waals surface area contributed by atoms with E-state index in [-0.39, 0.29) is 6.04 Å². The molecule has 3 nitrogen and oxygen atoms in total. The number of hydrogen-bond acceptors (Lipinski definition) is 3. The molecule has 1 aromatic carbocycles. The smallest absolute Gasteiger partial charge is 0.0647 e. The third-order valence-electron chi connectivity index (χ3n) is 3.72. The molecule has 98 valence electrons. The Bertz CT molecular complexity index is 739. The molecule has 3 rings (SSSR count). The van der Waals surface area contributed by atoms with Crippen LogP contribution in [0.25, 0.3) is 10.1 Å². The minimum Gasteiger partial charge on any atom is -0.320 e. The van der Waals surface area contributed by atoms with Crippen LogP contribution < -0.4 is 5.73 Å². The van der Waals surface area contributed by atoms with Gasteiger partial charge >= 0.3 is 0 Å². The van der Waals surface area contributed by atoms with Gasteiger partial charge in [0, 0.05) is 23.0 Å². The first-order chi connectivity index (χ1) is 9.09. The summed E-state index contributed by atoms with van der Waals surface area (Å²) in [5, 5.41) is 7.84. The highest BCUT2D eigenvalue weighted by atomic mass is 32.1. The van der Waals surface area contributed by atoms with Crippen LogP contribution >= 0.6 is 11.3 Å². The molecule has 2 heterocycles. The highest BCUT2D eigenvalue weighted by Gasteiger charge is 2.20. The van der Waals surface area contributed by atoms with E-state index in [1.807, 2.05) is 18.7 Å². The average molecular weight is 271 g/mol. The van der Waals surface area contributed by atoms with Gasteiger partial charge in [-0.3, -0.25) is 4.68 Å². The molecule has 0 bridgehead atoms. The van der Waals surface area contributed by atoms with Gasteiger partial charge in [0.2, 0.25) is 0 Å². The number of fused-ring (bicyclic) bond motifs is 1. The second kappa shape index (κ2) is 4.47. The predicted molar refractivity (Wildman–Crippen MR) is 80.5 cm³/mol. The number of rotatable bonds is 2. The van der Waals surface area contributed by atoms with Crippen LogP contribution in [-0.4, -0.2) is 9.78 Å². The third-order valence-corrected chi connectivity index (χ3v) is 4.70. The van der Waals surface area contributed by atoms with Crippen molar-refractivity contribution < 1.29 is 0 Å². The summed E-state index contributed by atoms with van der Waals surface area (Å²) in [6.45, 7) is 4.10. The van der Waals surface area contributed by atoms with E-state index in [0.717, 1.165) is 17.0 Å². The van der Waals surface area contributed by atoms with Crippen LogP contribution in [0.2, 0.25) is 0 Å². The van der Waals surface area contributed by atoms with Crippen molar-refractivity contribution in [1.29, 1.82) is 0 Å². The van der Waals surface area contributed by atoms with E-state index in [9.17, 15) is 0 Å². The summed E-state index contributed by atoms with van der Waals surface area (Å²) < 4.78 is 3.18. The average Bonchev–Trinajstić information content (AvgIpc) is 2.94. The lowest BCUT2D eigenvalue weighted by molar-refractivity contribution is 0.728. The van der Waals surface area contributed by atoms with Crippen LogP contribution in [0, 0.1) is 13.8 Å². The Kier molecular flexibility index (Phi) is 2.92. The van der Waals surface area contributed by atoms with Gasteiger partial charge in [-0.15, -0.1) is 11.3 Å². The Morgan fingerprint density at radius 1 is 1.26 bits per heavy atom. The molecule has 0 fully saturated rings. The lowest BCUT2D eigenvalue weighted by Gasteiger charge is -2.14. The molecule has 19 heavy (non-hydrogen) atoms. The number of hydrogen-bond donors (Lipinski definition) is 1. The maximum Gasteiger partial charge on any atom is 0.0647 e. The van der Waals surface area contributed by atoms with Gasteiger partial charge in [0.05, 0.1) is 11.7 Å². The molecule has 0 aliphatic heterocycles. The maximum atomic E-state index is 6.51. The fraction of sp³-hybridized carbons (Fsp3) is 0.267. The van der Waals surface area contributed by atoms with Gasteiger partial charge in [-0.25, -0.2) is 0 Å². The van der Waals surface area contributed by atoms with Crippen molar-refractivity contribution in [2.75, 3.05) is 0 Å². The van der Waals surface area contributed by atoms with Gasteiger partial charge in [0.1, 0.15) is 0 Å². The molecule has 0 spiro atoms. The molecule has 4 heteroatoms. The number of aromatic nitrogens is 2. The molecule has 0 amide bonds. The molecule has 3 aromatic rings. The van der Waals surface area contributed by atoms with Crippen LogP contribution in [0.5, 0.6) is 0 Å². The van der Waals surface area contributed by atoms with E-state index in [2.05, 4.69) is 41.7 Å². The molecule has 0 aliphatic rings. The van der Waals surface area contributed by atoms with E-state index < -0.39 is 0 Å². The van der Waals surface area contributed by atoms with Crippen LogP contribution in [0.4, 0.5) is 0 Å². The van der Waals surface area contributed by atoms with Crippen LogP contribution in [0.1, 0.15) is 28.6 Å². The number of nitrogens with two attached hydrogens (primary N) is 1. The number of aryl methyl sites for hydroxylation is 2. The third kappa shape index (κ3) is 1.88. The van der Waals surface area contributed by atoms with Gasteiger partial charge in [-0.05, 0) is 36.2 Å². The van der Waals surface area contributed by atoms with E-state index in [1.165, 1.54) is 15.6 Å². The molecular formula is C15H17N3S. The van der Waals surface area contributed by atoms with Gasteiger partial charge in [0.25, 0.3) is 0 Å². The SMILES string of the molecule is Cc1nn(C)c(C)c1C(N)c1cccc2ccsc12. The van der Waals surface area contributed by atoms with E-state index >= 15 is 0 Å². The van der Waals surface area contributed by atoms with E-state index in [1.54, 1.807) is 11.3 Å². The fourth-order valence-corrected chi connectivity index (χ4v) is 3.61. The molecule has 0 radical (unpaired) electrons. The Labute approximate surface area is 116 Å². The second-order valence-corrected chi connectivity index (χ2v) is 5.79. The van der Waals surface area contributed by atoms with E-state index in [4.69, 9.17) is 5.73 Å². The number of benzene rings is 1. The predicted octanol–water partition coefficient (Wildman–Crippen LogP) is 3.30. The first kappa shape index (κ1) is 12.4.